The lowest BCUT2D eigenvalue weighted by Crippen LogP contribution is -2.40. The number of aromatic carboxylic acids is 1. The van der Waals surface area contributed by atoms with Crippen molar-refractivity contribution in [3.05, 3.63) is 29.6 Å². The van der Waals surface area contributed by atoms with Crippen LogP contribution in [0, 0.1) is 0 Å². The minimum absolute atomic E-state index is 0.298. The number of rotatable bonds is 3. The zero-order valence-electron chi connectivity index (χ0n) is 7.91. The summed E-state index contributed by atoms with van der Waals surface area (Å²) >= 11 is 0. The summed E-state index contributed by atoms with van der Waals surface area (Å²) in [6.45, 7) is 4.70. The first kappa shape index (κ1) is 9.71. The molecular formula is C10H13NO2. The van der Waals surface area contributed by atoms with Gasteiger partial charge in [-0.3, -0.25) is 0 Å². The standard InChI is InChI=1S/C10H13NO2/c1-3-9-8(10(12)13)6-5-7-11(9)4-2/h5-7H,3-4H2,1-2H3. The summed E-state index contributed by atoms with van der Waals surface area (Å²) in [5.41, 5.74) is 1.12. The van der Waals surface area contributed by atoms with Gasteiger partial charge in [0.1, 0.15) is 6.54 Å². The smallest absolute Gasteiger partial charge is 0.190 e. The average Bonchev–Trinajstić information content (AvgIpc) is 2.16. The first-order valence-electron chi connectivity index (χ1n) is 4.43. The van der Waals surface area contributed by atoms with Gasteiger partial charge in [0.05, 0.1) is 11.5 Å². The first-order chi connectivity index (χ1) is 6.20. The van der Waals surface area contributed by atoms with Gasteiger partial charge in [0.15, 0.2) is 11.9 Å². The average molecular weight is 179 g/mol. The van der Waals surface area contributed by atoms with Gasteiger partial charge in [-0.05, 0) is 13.0 Å². The van der Waals surface area contributed by atoms with E-state index in [9.17, 15) is 9.90 Å². The van der Waals surface area contributed by atoms with Gasteiger partial charge in [-0.15, -0.1) is 0 Å². The van der Waals surface area contributed by atoms with Crippen LogP contribution in [-0.4, -0.2) is 5.97 Å². The van der Waals surface area contributed by atoms with E-state index in [1.165, 1.54) is 0 Å². The number of aryl methyl sites for hydroxylation is 1. The van der Waals surface area contributed by atoms with E-state index in [0.717, 1.165) is 12.2 Å². The van der Waals surface area contributed by atoms with Crippen molar-refractivity contribution in [2.24, 2.45) is 0 Å². The van der Waals surface area contributed by atoms with E-state index in [2.05, 4.69) is 0 Å². The van der Waals surface area contributed by atoms with Crippen molar-refractivity contribution >= 4 is 5.97 Å². The second kappa shape index (κ2) is 4.03. The Kier molecular flexibility index (Phi) is 3.01. The lowest BCUT2D eigenvalue weighted by molar-refractivity contribution is -0.700. The van der Waals surface area contributed by atoms with Crippen LogP contribution in [-0.2, 0) is 13.0 Å². The highest BCUT2D eigenvalue weighted by molar-refractivity contribution is 5.86. The highest BCUT2D eigenvalue weighted by Crippen LogP contribution is 2.02. The maximum absolute atomic E-state index is 10.7. The Bertz CT molecular complexity index is 321. The number of pyridine rings is 1. The molecule has 3 nitrogen and oxygen atoms in total. The van der Waals surface area contributed by atoms with E-state index < -0.39 is 5.97 Å². The van der Waals surface area contributed by atoms with Crippen LogP contribution in [0.4, 0.5) is 0 Å². The van der Waals surface area contributed by atoms with Crippen molar-refractivity contribution in [1.82, 2.24) is 0 Å². The lowest BCUT2D eigenvalue weighted by Gasteiger charge is -2.06. The van der Waals surface area contributed by atoms with Gasteiger partial charge in [0.2, 0.25) is 0 Å². The van der Waals surface area contributed by atoms with E-state index >= 15 is 0 Å². The largest absolute Gasteiger partial charge is 0.545 e. The SMILES string of the molecule is CCc1c(C(=O)[O-])ccc[n+]1CC. The molecule has 0 saturated heterocycles. The van der Waals surface area contributed by atoms with Crippen LogP contribution in [0.3, 0.4) is 0 Å². The maximum Gasteiger partial charge on any atom is 0.190 e. The molecule has 0 atom stereocenters. The number of carboxylic acids is 1. The Morgan fingerprint density at radius 1 is 1.54 bits per heavy atom. The fraction of sp³-hybridized carbons (Fsp3) is 0.400. The summed E-state index contributed by atoms with van der Waals surface area (Å²) in [5.74, 6) is -1.10. The molecule has 0 aliphatic rings. The second-order valence-electron chi connectivity index (χ2n) is 2.80. The monoisotopic (exact) mass is 179 g/mol. The molecule has 1 aromatic heterocycles. The maximum atomic E-state index is 10.7. The van der Waals surface area contributed by atoms with Crippen LogP contribution in [0.1, 0.15) is 29.9 Å². The summed E-state index contributed by atoms with van der Waals surface area (Å²) in [6.07, 6.45) is 2.59. The van der Waals surface area contributed by atoms with Gasteiger partial charge < -0.3 is 9.90 Å². The molecule has 0 amide bonds. The second-order valence-corrected chi connectivity index (χ2v) is 2.80. The normalized spacial score (nSPS) is 10.0. The van der Waals surface area contributed by atoms with Gasteiger partial charge in [-0.2, -0.15) is 0 Å². The van der Waals surface area contributed by atoms with Crippen LogP contribution < -0.4 is 9.67 Å². The number of hydrogen-bond donors (Lipinski definition) is 0. The third kappa shape index (κ3) is 1.86. The van der Waals surface area contributed by atoms with Crippen molar-refractivity contribution in [3.63, 3.8) is 0 Å². The molecule has 0 aromatic carbocycles. The van der Waals surface area contributed by atoms with Gasteiger partial charge >= 0.3 is 0 Å². The number of nitrogens with zero attached hydrogens (tertiary/aromatic N) is 1. The van der Waals surface area contributed by atoms with Crippen LogP contribution in [0.2, 0.25) is 0 Å². The zero-order chi connectivity index (χ0) is 9.84. The van der Waals surface area contributed by atoms with E-state index in [-0.39, 0.29) is 0 Å². The molecule has 0 bridgehead atoms. The fourth-order valence-electron chi connectivity index (χ4n) is 1.46. The summed E-state index contributed by atoms with van der Waals surface area (Å²) in [4.78, 5) is 10.7. The van der Waals surface area contributed by atoms with Gasteiger partial charge in [-0.25, -0.2) is 4.57 Å². The van der Waals surface area contributed by atoms with Crippen molar-refractivity contribution < 1.29 is 14.5 Å². The Balaban J connectivity index is 3.27. The summed E-state index contributed by atoms with van der Waals surface area (Å²) in [6, 6.07) is 3.31. The van der Waals surface area contributed by atoms with Crippen molar-refractivity contribution in [2.45, 2.75) is 26.8 Å². The molecule has 3 heteroatoms. The summed E-state index contributed by atoms with van der Waals surface area (Å²) in [5, 5.41) is 10.7. The van der Waals surface area contributed by atoms with E-state index in [1.54, 1.807) is 12.1 Å². The summed E-state index contributed by atoms with van der Waals surface area (Å²) < 4.78 is 1.92. The first-order valence-corrected chi connectivity index (χ1v) is 4.43. The van der Waals surface area contributed by atoms with E-state index in [0.29, 0.717) is 12.0 Å². The summed E-state index contributed by atoms with van der Waals surface area (Å²) in [7, 11) is 0. The molecule has 0 aliphatic heterocycles. The molecule has 70 valence electrons. The van der Waals surface area contributed by atoms with E-state index in [4.69, 9.17) is 0 Å². The van der Waals surface area contributed by atoms with Gasteiger partial charge in [-0.1, -0.05) is 6.92 Å². The minimum Gasteiger partial charge on any atom is -0.545 e. The molecule has 0 aliphatic carbocycles. The van der Waals surface area contributed by atoms with Crippen LogP contribution in [0.5, 0.6) is 0 Å². The molecule has 0 saturated carbocycles. The Labute approximate surface area is 77.6 Å². The topological polar surface area (TPSA) is 44.0 Å². The third-order valence-electron chi connectivity index (χ3n) is 2.08. The number of carbonyl (C=O) groups is 1. The predicted octanol–water partition coefficient (Wildman–Crippen LogP) is -0.0801. The molecule has 1 rings (SSSR count). The molecule has 0 radical (unpaired) electrons. The number of hydrogen-bond acceptors (Lipinski definition) is 2. The van der Waals surface area contributed by atoms with Crippen molar-refractivity contribution in [2.75, 3.05) is 0 Å². The number of aromatic nitrogens is 1. The van der Waals surface area contributed by atoms with Crippen molar-refractivity contribution in [1.29, 1.82) is 0 Å². The van der Waals surface area contributed by atoms with Crippen LogP contribution in [0.25, 0.3) is 0 Å². The van der Waals surface area contributed by atoms with Crippen LogP contribution >= 0.6 is 0 Å². The molecule has 0 unspecified atom stereocenters. The zero-order valence-corrected chi connectivity index (χ0v) is 7.91. The lowest BCUT2D eigenvalue weighted by atomic mass is 10.1. The molecule has 13 heavy (non-hydrogen) atoms. The molecule has 1 aromatic rings. The highest BCUT2D eigenvalue weighted by Gasteiger charge is 2.12. The van der Waals surface area contributed by atoms with E-state index in [1.807, 2.05) is 24.6 Å². The Morgan fingerprint density at radius 3 is 2.69 bits per heavy atom. The highest BCUT2D eigenvalue weighted by atomic mass is 16.4. The predicted molar refractivity (Wildman–Crippen MR) is 46.0 cm³/mol. The van der Waals surface area contributed by atoms with Crippen molar-refractivity contribution in [3.8, 4) is 0 Å². The molecule has 0 fully saturated rings. The fourth-order valence-corrected chi connectivity index (χ4v) is 1.46. The minimum atomic E-state index is -1.10. The van der Waals surface area contributed by atoms with Gasteiger partial charge in [0.25, 0.3) is 0 Å². The van der Waals surface area contributed by atoms with Gasteiger partial charge in [0, 0.05) is 12.5 Å². The molecular weight excluding hydrogens is 166 g/mol. The number of carboxylic acid groups (broad SMARTS) is 1. The molecule has 0 N–H and O–H groups in total. The third-order valence-corrected chi connectivity index (χ3v) is 2.08. The Morgan fingerprint density at radius 2 is 2.23 bits per heavy atom. The number of carbonyl (C=O) groups excluding carboxylic acids is 1. The quantitative estimate of drug-likeness (QED) is 0.609. The molecule has 1 heterocycles. The molecule has 0 spiro atoms. The van der Waals surface area contributed by atoms with Crippen LogP contribution in [0.15, 0.2) is 18.3 Å². The Hall–Kier alpha value is -1.38.